The third kappa shape index (κ3) is 2.44. The monoisotopic (exact) mass is 135 g/mol. The summed E-state index contributed by atoms with van der Waals surface area (Å²) in [6.07, 6.45) is 0. The van der Waals surface area contributed by atoms with Crippen LogP contribution in [0, 0.1) is 0 Å². The molecule has 0 aliphatic heterocycles. The van der Waals surface area contributed by atoms with Gasteiger partial charge in [-0.1, -0.05) is 0 Å². The summed E-state index contributed by atoms with van der Waals surface area (Å²) in [6.45, 7) is 0. The van der Waals surface area contributed by atoms with Crippen LogP contribution >= 0.6 is 0 Å². The van der Waals surface area contributed by atoms with E-state index in [1.54, 1.807) is 0 Å². The van der Waals surface area contributed by atoms with Crippen molar-refractivity contribution in [2.75, 3.05) is 0 Å². The zero-order valence-corrected chi connectivity index (χ0v) is 3.68. The topological polar surface area (TPSA) is 34.1 Å². The molecule has 44 valence electrons. The first-order valence-corrected chi connectivity index (χ1v) is 2.18. The molecule has 0 heterocycles. The first kappa shape index (κ1) is 4.89. The van der Waals surface area contributed by atoms with Gasteiger partial charge in [0.1, 0.15) is 0 Å². The average molecular weight is 135 g/mol. The summed E-state index contributed by atoms with van der Waals surface area (Å²) in [5.41, 5.74) is -5.42. The van der Waals surface area contributed by atoms with Gasteiger partial charge in [-0.3, -0.25) is 0 Å². The molecule has 0 aromatic carbocycles. The van der Waals surface area contributed by atoms with E-state index in [1.165, 1.54) is 0 Å². The fourth-order valence-corrected chi connectivity index (χ4v) is 0. The second-order valence-electron chi connectivity index (χ2n) is 0.680. The number of rotatable bonds is 0. The molecular weight excluding hydrogens is 133 g/mol. The van der Waals surface area contributed by atoms with Gasteiger partial charge in [-0.2, -0.15) is 13.2 Å². The minimum atomic E-state index is -5.59. The Kier molecular flexibility index (Phi) is 1.18. The second kappa shape index (κ2) is 1.69. The van der Waals surface area contributed by atoms with Crippen molar-refractivity contribution >= 4 is 10.6 Å². The van der Waals surface area contributed by atoms with Crippen LogP contribution in [-0.2, 0) is 10.6 Å². The molecule has 0 rings (SSSR count). The Morgan fingerprint density at radius 3 is 1.57 bits per heavy atom. The van der Waals surface area contributed by atoms with Crippen molar-refractivity contribution in [3.8, 4) is 0 Å². The summed E-state index contributed by atoms with van der Waals surface area (Å²) in [7, 11) is -5.59. The maximum absolute atomic E-state index is 10.8. The van der Waals surface area contributed by atoms with Crippen molar-refractivity contribution in [3.05, 3.63) is 0 Å². The lowest BCUT2D eigenvalue weighted by Crippen LogP contribution is -2.07. The van der Waals surface area contributed by atoms with E-state index in [2.05, 4.69) is 0 Å². The van der Waals surface area contributed by atoms with Crippen LogP contribution in [0.4, 0.5) is 13.2 Å². The summed E-state index contributed by atoms with van der Waals surface area (Å²) in [5.74, 6) is 0. The molecule has 0 aromatic heterocycles. The molecule has 0 radical (unpaired) electrons. The van der Waals surface area contributed by atoms with Gasteiger partial charge in [0.05, 0.1) is 0 Å². The summed E-state index contributed by atoms with van der Waals surface area (Å²) >= 11 is 0. The van der Waals surface area contributed by atoms with Gasteiger partial charge in [0.2, 0.25) is 10.6 Å². The standard InChI is InChI=1S/CHF3O2S/c2-1(3,4)7(5)6/h7H/i7D. The number of halogens is 3. The zero-order chi connectivity index (χ0) is 7.00. The van der Waals surface area contributed by atoms with Gasteiger partial charge >= 0.3 is 5.51 Å². The first-order chi connectivity index (χ1) is 3.25. The van der Waals surface area contributed by atoms with Crippen molar-refractivity contribution in [3.63, 3.8) is 0 Å². The number of thiol groups is 1. The van der Waals surface area contributed by atoms with Gasteiger partial charge in [0.25, 0.3) is 0 Å². The highest BCUT2D eigenvalue weighted by Crippen LogP contribution is 2.13. The molecule has 7 heavy (non-hydrogen) atoms. The third-order valence-electron chi connectivity index (χ3n) is 0.189. The maximum Gasteiger partial charge on any atom is 0.494 e. The van der Waals surface area contributed by atoms with Crippen LogP contribution in [0.1, 0.15) is 0 Å². The molecule has 0 N–H and O–H groups in total. The predicted octanol–water partition coefficient (Wildman–Crippen LogP) is 0.118. The summed E-state index contributed by atoms with van der Waals surface area (Å²) in [6, 6.07) is 0. The molecule has 0 aliphatic rings. The Morgan fingerprint density at radius 1 is 1.43 bits per heavy atom. The fraction of sp³-hybridized carbons (Fsp3) is 1.00. The Labute approximate surface area is 40.0 Å². The van der Waals surface area contributed by atoms with Crippen LogP contribution < -0.4 is 0 Å². The third-order valence-corrected chi connectivity index (χ3v) is 0.567. The Balaban J connectivity index is 4.53. The second-order valence-corrected chi connectivity index (χ2v) is 1.61. The van der Waals surface area contributed by atoms with Crippen molar-refractivity contribution < 1.29 is 21.6 Å². The summed E-state index contributed by atoms with van der Waals surface area (Å²) < 4.78 is 56.2. The molecule has 0 spiro atoms. The number of hydrogen-bond donors (Lipinski definition) is 1. The van der Waals surface area contributed by atoms with E-state index in [0.29, 0.717) is 0 Å². The Hall–Kier alpha value is -0.260. The van der Waals surface area contributed by atoms with Gasteiger partial charge in [0, 0.05) is 0 Å². The van der Waals surface area contributed by atoms with Gasteiger partial charge in [0.15, 0.2) is 1.12 Å². The fourth-order valence-electron chi connectivity index (χ4n) is 0. The van der Waals surface area contributed by atoms with E-state index in [4.69, 9.17) is 1.12 Å². The Bertz CT molecular complexity index is 166. The minimum absolute atomic E-state index is 5.42. The molecule has 0 unspecified atom stereocenters. The highest BCUT2D eigenvalue weighted by molar-refractivity contribution is 7.73. The molecule has 6 heteroatoms. The molecule has 0 bridgehead atoms. The minimum Gasteiger partial charge on any atom is -0.223 e. The van der Waals surface area contributed by atoms with Crippen LogP contribution in [0.15, 0.2) is 0 Å². The Morgan fingerprint density at radius 2 is 1.57 bits per heavy atom. The lowest BCUT2D eigenvalue weighted by molar-refractivity contribution is -0.0398. The predicted molar refractivity (Wildman–Crippen MR) is 16.4 cm³/mol. The van der Waals surface area contributed by atoms with E-state index >= 15 is 0 Å². The quantitative estimate of drug-likeness (QED) is 0.478. The largest absolute Gasteiger partial charge is 0.494 e. The van der Waals surface area contributed by atoms with Gasteiger partial charge in [-0.05, 0) is 0 Å². The molecule has 0 saturated heterocycles. The van der Waals surface area contributed by atoms with Crippen LogP contribution in [-0.4, -0.2) is 15.0 Å². The zero-order valence-electron chi connectivity index (χ0n) is 3.86. The number of alkyl halides is 3. The van der Waals surface area contributed by atoms with E-state index in [0.717, 1.165) is 0 Å². The molecule has 0 saturated carbocycles. The van der Waals surface area contributed by atoms with Gasteiger partial charge < -0.3 is 0 Å². The van der Waals surface area contributed by atoms with Crippen molar-refractivity contribution in [1.82, 2.24) is 0 Å². The van der Waals surface area contributed by atoms with E-state index in [-0.39, 0.29) is 0 Å². The van der Waals surface area contributed by atoms with Gasteiger partial charge in [-0.15, -0.1) is 0 Å². The van der Waals surface area contributed by atoms with Crippen LogP contribution in [0.5, 0.6) is 0 Å². The average Bonchev–Trinajstić information content (AvgIpc) is 1.25. The highest BCUT2D eigenvalue weighted by Gasteiger charge is 2.31. The lowest BCUT2D eigenvalue weighted by atomic mass is 11.6. The molecule has 0 aliphatic carbocycles. The summed E-state index contributed by atoms with van der Waals surface area (Å²) in [5, 5.41) is 0. The maximum atomic E-state index is 10.8. The van der Waals surface area contributed by atoms with Crippen molar-refractivity contribution in [2.45, 2.75) is 5.51 Å². The first-order valence-electron chi connectivity index (χ1n) is 1.51. The van der Waals surface area contributed by atoms with Crippen LogP contribution in [0.3, 0.4) is 0 Å². The van der Waals surface area contributed by atoms with E-state index in [9.17, 15) is 21.6 Å². The summed E-state index contributed by atoms with van der Waals surface area (Å²) in [4.78, 5) is 0. The van der Waals surface area contributed by atoms with Crippen molar-refractivity contribution in [2.24, 2.45) is 0 Å². The molecular formula is CHF3O2S. The SMILES string of the molecule is [2H]S(=O)(=O)C(F)(F)F. The van der Waals surface area contributed by atoms with Gasteiger partial charge in [-0.25, -0.2) is 8.42 Å². The molecule has 0 fully saturated rings. The number of hydrogen-bond acceptors (Lipinski definition) is 2. The van der Waals surface area contributed by atoms with Crippen molar-refractivity contribution in [1.29, 1.82) is 1.12 Å². The lowest BCUT2D eigenvalue weighted by Gasteiger charge is -1.89. The van der Waals surface area contributed by atoms with E-state index < -0.39 is 16.1 Å². The highest BCUT2D eigenvalue weighted by atomic mass is 32.2. The van der Waals surface area contributed by atoms with Crippen LogP contribution in [0.25, 0.3) is 0 Å². The van der Waals surface area contributed by atoms with E-state index in [1.807, 2.05) is 0 Å². The molecule has 0 amide bonds. The smallest absolute Gasteiger partial charge is 0.223 e. The van der Waals surface area contributed by atoms with Crippen LogP contribution in [0.2, 0.25) is 0 Å². The molecule has 2 nitrogen and oxygen atoms in total. The molecule has 0 atom stereocenters. The molecule has 0 aromatic rings. The normalized spacial score (nSPS) is 16.1.